The number of amides is 1. The average molecular weight is 374 g/mol. The summed E-state index contributed by atoms with van der Waals surface area (Å²) >= 11 is 2.68. The van der Waals surface area contributed by atoms with Crippen molar-refractivity contribution in [3.05, 3.63) is 51.1 Å². The van der Waals surface area contributed by atoms with Gasteiger partial charge in [-0.25, -0.2) is 4.98 Å². The lowest BCUT2D eigenvalue weighted by Crippen LogP contribution is -2.22. The van der Waals surface area contributed by atoms with Crippen LogP contribution in [0.5, 0.6) is 0 Å². The van der Waals surface area contributed by atoms with Crippen LogP contribution in [-0.2, 0) is 11.3 Å². The van der Waals surface area contributed by atoms with Gasteiger partial charge in [-0.2, -0.15) is 0 Å². The lowest BCUT2D eigenvalue weighted by molar-refractivity contribution is -0.113. The summed E-state index contributed by atoms with van der Waals surface area (Å²) in [4.78, 5) is 29.3. The van der Waals surface area contributed by atoms with Crippen molar-refractivity contribution in [2.24, 2.45) is 0 Å². The summed E-state index contributed by atoms with van der Waals surface area (Å²) in [7, 11) is 0. The number of aryl methyl sites for hydroxylation is 2. The minimum Gasteiger partial charge on any atom is -0.325 e. The second-order valence-electron chi connectivity index (χ2n) is 5.73. The molecule has 0 aliphatic rings. The number of hydrogen-bond acceptors (Lipinski definition) is 5. The van der Waals surface area contributed by atoms with Crippen molar-refractivity contribution < 1.29 is 4.79 Å². The molecule has 0 saturated heterocycles. The third kappa shape index (κ3) is 3.77. The number of aromatic nitrogens is 2. The van der Waals surface area contributed by atoms with Crippen LogP contribution in [0.2, 0.25) is 0 Å². The van der Waals surface area contributed by atoms with Gasteiger partial charge in [0.2, 0.25) is 5.91 Å². The maximum Gasteiger partial charge on any atom is 0.272 e. The van der Waals surface area contributed by atoms with E-state index < -0.39 is 0 Å². The number of hydrogen-bond donors (Lipinski definition) is 1. The topological polar surface area (TPSA) is 64.0 Å². The third-order valence-electron chi connectivity index (χ3n) is 3.84. The number of anilines is 1. The van der Waals surface area contributed by atoms with Gasteiger partial charge in [0.1, 0.15) is 4.70 Å². The highest BCUT2D eigenvalue weighted by molar-refractivity contribution is 7.99. The van der Waals surface area contributed by atoms with E-state index in [9.17, 15) is 9.59 Å². The average Bonchev–Trinajstić information content (AvgIpc) is 3.04. The molecule has 1 N–H and O–H groups in total. The number of thioether (sulfide) groups is 1. The first-order valence-corrected chi connectivity index (χ1v) is 9.84. The van der Waals surface area contributed by atoms with E-state index in [4.69, 9.17) is 0 Å². The molecule has 0 spiro atoms. The minimum absolute atomic E-state index is 0.0419. The van der Waals surface area contributed by atoms with Crippen LogP contribution in [0.1, 0.15) is 18.1 Å². The molecule has 0 fully saturated rings. The Morgan fingerprint density at radius 1 is 1.32 bits per heavy atom. The smallest absolute Gasteiger partial charge is 0.272 e. The Kier molecular flexibility index (Phi) is 5.24. The van der Waals surface area contributed by atoms with Gasteiger partial charge in [-0.15, -0.1) is 11.3 Å². The maximum absolute atomic E-state index is 12.5. The van der Waals surface area contributed by atoms with Gasteiger partial charge in [0.25, 0.3) is 5.56 Å². The number of nitrogens with one attached hydrogen (secondary N) is 1. The molecule has 25 heavy (non-hydrogen) atoms. The number of carbonyl (C=O) groups excluding carboxylic acids is 1. The largest absolute Gasteiger partial charge is 0.325 e. The fourth-order valence-corrected chi connectivity index (χ4v) is 4.22. The summed E-state index contributed by atoms with van der Waals surface area (Å²) in [5.41, 5.74) is 3.65. The quantitative estimate of drug-likeness (QED) is 0.545. The first kappa shape index (κ1) is 17.7. The van der Waals surface area contributed by atoms with Crippen LogP contribution >= 0.6 is 23.1 Å². The van der Waals surface area contributed by atoms with Gasteiger partial charge < -0.3 is 5.32 Å². The molecule has 130 valence electrons. The Morgan fingerprint density at radius 2 is 2.12 bits per heavy atom. The van der Waals surface area contributed by atoms with Crippen molar-refractivity contribution in [3.63, 3.8) is 0 Å². The van der Waals surface area contributed by atoms with Crippen molar-refractivity contribution in [2.45, 2.75) is 32.5 Å². The molecule has 0 bridgehead atoms. The van der Waals surface area contributed by atoms with Crippen LogP contribution in [-0.4, -0.2) is 21.2 Å². The molecule has 0 aliphatic carbocycles. The summed E-state index contributed by atoms with van der Waals surface area (Å²) in [5.74, 6) is 0.0920. The lowest BCUT2D eigenvalue weighted by Gasteiger charge is -2.11. The summed E-state index contributed by atoms with van der Waals surface area (Å²) in [6.07, 6.45) is 0. The summed E-state index contributed by atoms with van der Waals surface area (Å²) < 4.78 is 2.28. The minimum atomic E-state index is -0.112. The molecule has 2 aromatic heterocycles. The van der Waals surface area contributed by atoms with Crippen molar-refractivity contribution in [1.29, 1.82) is 0 Å². The number of benzene rings is 1. The second kappa shape index (κ2) is 7.41. The zero-order valence-electron chi connectivity index (χ0n) is 14.3. The maximum atomic E-state index is 12.5. The molecule has 5 nitrogen and oxygen atoms in total. The summed E-state index contributed by atoms with van der Waals surface area (Å²) in [6.45, 7) is 6.42. The van der Waals surface area contributed by atoms with Gasteiger partial charge in [0, 0.05) is 12.2 Å². The zero-order chi connectivity index (χ0) is 18.0. The Morgan fingerprint density at radius 3 is 2.84 bits per heavy atom. The highest BCUT2D eigenvalue weighted by Crippen LogP contribution is 2.22. The van der Waals surface area contributed by atoms with E-state index in [2.05, 4.69) is 10.3 Å². The fraction of sp³-hybridized carbons (Fsp3) is 0.278. The van der Waals surface area contributed by atoms with Gasteiger partial charge in [0.15, 0.2) is 5.16 Å². The predicted octanol–water partition coefficient (Wildman–Crippen LogP) is 3.83. The summed E-state index contributed by atoms with van der Waals surface area (Å²) in [5, 5.41) is 5.36. The Bertz CT molecular complexity index is 992. The molecule has 2 heterocycles. The molecular formula is C18H19N3O2S2. The number of fused-ring (bicyclic) bond motifs is 1. The van der Waals surface area contributed by atoms with Crippen LogP contribution in [0.15, 0.2) is 39.6 Å². The highest BCUT2D eigenvalue weighted by atomic mass is 32.2. The molecule has 0 aliphatic heterocycles. The van der Waals surface area contributed by atoms with Gasteiger partial charge in [-0.1, -0.05) is 29.5 Å². The fourth-order valence-electron chi connectivity index (χ4n) is 2.58. The molecule has 1 amide bonds. The molecule has 3 rings (SSSR count). The normalized spacial score (nSPS) is 11.0. The van der Waals surface area contributed by atoms with Gasteiger partial charge in [0.05, 0.1) is 11.3 Å². The predicted molar refractivity (Wildman–Crippen MR) is 105 cm³/mol. The van der Waals surface area contributed by atoms with Crippen molar-refractivity contribution >= 4 is 44.9 Å². The number of thiophene rings is 1. The Labute approximate surface area is 154 Å². The third-order valence-corrected chi connectivity index (χ3v) is 5.70. The Hall–Kier alpha value is -2.12. The van der Waals surface area contributed by atoms with E-state index >= 15 is 0 Å². The van der Waals surface area contributed by atoms with Crippen molar-refractivity contribution in [3.8, 4) is 0 Å². The van der Waals surface area contributed by atoms with Crippen LogP contribution < -0.4 is 10.9 Å². The van der Waals surface area contributed by atoms with Crippen LogP contribution in [0.25, 0.3) is 10.2 Å². The van der Waals surface area contributed by atoms with Gasteiger partial charge >= 0.3 is 0 Å². The van der Waals surface area contributed by atoms with Gasteiger partial charge in [-0.05, 0) is 43.8 Å². The first-order valence-electron chi connectivity index (χ1n) is 7.97. The molecule has 0 unspecified atom stereocenters. The standard InChI is InChI=1S/C18H19N3O2S2/c1-4-21-17(23)16-14(7-8-24-16)20-18(21)25-10-15(22)19-13-6-5-11(2)9-12(13)3/h5-9H,4,10H2,1-3H3,(H,19,22). The van der Waals surface area contributed by atoms with Gasteiger partial charge in [-0.3, -0.25) is 14.2 Å². The SMILES string of the molecule is CCn1c(SCC(=O)Nc2ccc(C)cc2C)nc2ccsc2c1=O. The lowest BCUT2D eigenvalue weighted by atomic mass is 10.1. The number of nitrogens with zero attached hydrogens (tertiary/aromatic N) is 2. The molecule has 1 aromatic carbocycles. The van der Waals surface area contributed by atoms with Crippen LogP contribution in [0, 0.1) is 13.8 Å². The van der Waals surface area contributed by atoms with Crippen LogP contribution in [0.4, 0.5) is 5.69 Å². The molecule has 3 aromatic rings. The second-order valence-corrected chi connectivity index (χ2v) is 7.59. The molecule has 0 atom stereocenters. The summed E-state index contributed by atoms with van der Waals surface area (Å²) in [6, 6.07) is 7.74. The molecule has 0 radical (unpaired) electrons. The van der Waals surface area contributed by atoms with E-state index in [-0.39, 0.29) is 17.2 Å². The molecular weight excluding hydrogens is 354 g/mol. The van der Waals surface area contributed by atoms with Crippen LogP contribution in [0.3, 0.4) is 0 Å². The van der Waals surface area contributed by atoms with E-state index in [0.29, 0.717) is 21.9 Å². The van der Waals surface area contributed by atoms with Crippen molar-refractivity contribution in [2.75, 3.05) is 11.1 Å². The van der Waals surface area contributed by atoms with E-state index in [1.807, 2.05) is 50.4 Å². The number of rotatable bonds is 5. The Balaban J connectivity index is 1.75. The van der Waals surface area contributed by atoms with E-state index in [1.165, 1.54) is 23.1 Å². The van der Waals surface area contributed by atoms with Crippen molar-refractivity contribution in [1.82, 2.24) is 9.55 Å². The molecule has 0 saturated carbocycles. The first-order chi connectivity index (χ1) is 12.0. The van der Waals surface area contributed by atoms with E-state index in [0.717, 1.165) is 16.8 Å². The van der Waals surface area contributed by atoms with E-state index in [1.54, 1.807) is 4.57 Å². The number of carbonyl (C=O) groups is 1. The highest BCUT2D eigenvalue weighted by Gasteiger charge is 2.13. The monoisotopic (exact) mass is 373 g/mol. The molecule has 7 heteroatoms. The zero-order valence-corrected chi connectivity index (χ0v) is 16.0.